The second kappa shape index (κ2) is 13.8. The zero-order chi connectivity index (χ0) is 31.3. The predicted molar refractivity (Wildman–Crippen MR) is 165 cm³/mol. The molecule has 1 saturated carbocycles. The van der Waals surface area contributed by atoms with E-state index in [1.807, 2.05) is 12.3 Å². The highest BCUT2D eigenvalue weighted by Crippen LogP contribution is 2.32. The van der Waals surface area contributed by atoms with Crippen LogP contribution < -0.4 is 10.6 Å². The Balaban J connectivity index is 1.26. The van der Waals surface area contributed by atoms with Crippen LogP contribution in [0.1, 0.15) is 62.1 Å². The third kappa shape index (κ3) is 7.74. The zero-order valence-corrected chi connectivity index (χ0v) is 25.4. The summed E-state index contributed by atoms with van der Waals surface area (Å²) in [6.45, 7) is 2.91. The number of benzene rings is 2. The van der Waals surface area contributed by atoms with Gasteiger partial charge in [0.2, 0.25) is 11.9 Å². The van der Waals surface area contributed by atoms with Gasteiger partial charge >= 0.3 is 6.18 Å². The fourth-order valence-electron chi connectivity index (χ4n) is 6.03. The normalized spacial score (nSPS) is 17.1. The predicted octanol–water partition coefficient (Wildman–Crippen LogP) is 7.19. The number of nitrogens with one attached hydrogen (secondary N) is 2. The number of fused-ring (bicyclic) bond motifs is 1. The number of aromatic nitrogens is 4. The van der Waals surface area contributed by atoms with Crippen molar-refractivity contribution in [2.75, 3.05) is 24.4 Å². The number of hydrogen-bond donors (Lipinski definition) is 2. The van der Waals surface area contributed by atoms with Gasteiger partial charge in [-0.1, -0.05) is 25.1 Å². The third-order valence-corrected chi connectivity index (χ3v) is 8.35. The molecule has 0 radical (unpaired) electrons. The maximum Gasteiger partial charge on any atom is 0.416 e. The van der Waals surface area contributed by atoms with Crippen LogP contribution in [0.5, 0.6) is 0 Å². The lowest BCUT2D eigenvalue weighted by Gasteiger charge is -2.29. The van der Waals surface area contributed by atoms with Crippen LogP contribution in [0, 0.1) is 5.92 Å². The van der Waals surface area contributed by atoms with Gasteiger partial charge in [0, 0.05) is 50.0 Å². The molecule has 1 aliphatic rings. The number of anilines is 2. The third-order valence-electron chi connectivity index (χ3n) is 8.35. The molecule has 11 heteroatoms. The van der Waals surface area contributed by atoms with E-state index >= 15 is 0 Å². The summed E-state index contributed by atoms with van der Waals surface area (Å²) in [4.78, 5) is 22.2. The highest BCUT2D eigenvalue weighted by molar-refractivity contribution is 5.92. The maximum absolute atomic E-state index is 13.1. The van der Waals surface area contributed by atoms with Crippen molar-refractivity contribution in [3.05, 3.63) is 65.4 Å². The van der Waals surface area contributed by atoms with E-state index in [0.717, 1.165) is 78.1 Å². The SMILES string of the molecule is CCc1cc(-c2cc(NC(=O)Cc3cccc(C(F)(F)F)c3)nn2C)cc2cnc(NC3CCC(CCCOC)CC3)nc12. The molecule has 2 aromatic heterocycles. The monoisotopic (exact) mass is 608 g/mol. The molecule has 1 amide bonds. The lowest BCUT2D eigenvalue weighted by atomic mass is 9.83. The molecule has 0 unspecified atom stereocenters. The van der Waals surface area contributed by atoms with E-state index in [-0.39, 0.29) is 12.0 Å². The van der Waals surface area contributed by atoms with Crippen LogP contribution in [-0.2, 0) is 35.6 Å². The van der Waals surface area contributed by atoms with Crippen molar-refractivity contribution in [2.45, 2.75) is 70.5 Å². The first-order chi connectivity index (χ1) is 21.1. The first-order valence-electron chi connectivity index (χ1n) is 15.2. The topological polar surface area (TPSA) is 94.0 Å². The standard InChI is InChI=1S/C33H39F3N6O2/c1-4-23-17-24(18-25-20-37-32(40-31(23)25)38-27-12-10-21(11-13-27)8-6-14-44-3)28-19-29(41-42(28)2)39-30(43)16-22-7-5-9-26(15-22)33(34,35)36/h5,7,9,15,17-21,27H,4,6,8,10-14,16H2,1-3H3,(H,37,38,40)(H,39,41,43). The van der Waals surface area contributed by atoms with Crippen molar-refractivity contribution in [1.29, 1.82) is 0 Å². The number of aryl methyl sites for hydroxylation is 2. The Bertz CT molecular complexity index is 1590. The van der Waals surface area contributed by atoms with Crippen LogP contribution in [0.25, 0.3) is 22.2 Å². The van der Waals surface area contributed by atoms with Gasteiger partial charge < -0.3 is 15.4 Å². The minimum absolute atomic E-state index is 0.199. The van der Waals surface area contributed by atoms with Crippen molar-refractivity contribution in [1.82, 2.24) is 19.7 Å². The second-order valence-corrected chi connectivity index (χ2v) is 11.6. The summed E-state index contributed by atoms with van der Waals surface area (Å²) in [7, 11) is 3.54. The molecule has 8 nitrogen and oxygen atoms in total. The molecule has 234 valence electrons. The Morgan fingerprint density at radius 1 is 1.11 bits per heavy atom. The Morgan fingerprint density at radius 3 is 2.64 bits per heavy atom. The fourth-order valence-corrected chi connectivity index (χ4v) is 6.03. The van der Waals surface area contributed by atoms with Crippen molar-refractivity contribution >= 4 is 28.6 Å². The Hall–Kier alpha value is -3.99. The smallest absolute Gasteiger partial charge is 0.385 e. The average molecular weight is 609 g/mol. The van der Waals surface area contributed by atoms with E-state index in [1.54, 1.807) is 24.9 Å². The highest BCUT2D eigenvalue weighted by atomic mass is 19.4. The lowest BCUT2D eigenvalue weighted by molar-refractivity contribution is -0.137. The first-order valence-corrected chi connectivity index (χ1v) is 15.2. The van der Waals surface area contributed by atoms with Crippen molar-refractivity contribution in [3.63, 3.8) is 0 Å². The largest absolute Gasteiger partial charge is 0.416 e. The van der Waals surface area contributed by atoms with Crippen molar-refractivity contribution in [2.24, 2.45) is 13.0 Å². The van der Waals surface area contributed by atoms with E-state index < -0.39 is 17.6 Å². The van der Waals surface area contributed by atoms with E-state index in [2.05, 4.69) is 33.7 Å². The summed E-state index contributed by atoms with van der Waals surface area (Å²) in [5, 5.41) is 11.6. The molecule has 0 saturated heterocycles. The molecule has 2 aromatic carbocycles. The van der Waals surface area contributed by atoms with Crippen LogP contribution in [0.15, 0.2) is 48.7 Å². The van der Waals surface area contributed by atoms with Crippen LogP contribution in [0.4, 0.5) is 24.9 Å². The fraction of sp³-hybridized carbons (Fsp3) is 0.455. The number of carbonyl (C=O) groups excluding carboxylic acids is 1. The molecule has 1 fully saturated rings. The van der Waals surface area contributed by atoms with E-state index in [9.17, 15) is 18.0 Å². The van der Waals surface area contributed by atoms with Gasteiger partial charge in [-0.3, -0.25) is 9.48 Å². The van der Waals surface area contributed by atoms with Crippen LogP contribution in [0.3, 0.4) is 0 Å². The number of carbonyl (C=O) groups is 1. The molecule has 44 heavy (non-hydrogen) atoms. The number of ether oxygens (including phenoxy) is 1. The van der Waals surface area contributed by atoms with E-state index in [4.69, 9.17) is 9.72 Å². The van der Waals surface area contributed by atoms with Crippen LogP contribution >= 0.6 is 0 Å². The number of halogens is 3. The summed E-state index contributed by atoms with van der Waals surface area (Å²) in [5.41, 5.74) is 3.14. The van der Waals surface area contributed by atoms with Crippen LogP contribution in [0.2, 0.25) is 0 Å². The quantitative estimate of drug-likeness (QED) is 0.175. The number of alkyl halides is 3. The van der Waals surface area contributed by atoms with Crippen LogP contribution in [-0.4, -0.2) is 45.4 Å². The highest BCUT2D eigenvalue weighted by Gasteiger charge is 2.30. The number of hydrogen-bond acceptors (Lipinski definition) is 6. The summed E-state index contributed by atoms with van der Waals surface area (Å²) < 4.78 is 46.0. The molecule has 0 bridgehead atoms. The molecule has 5 rings (SSSR count). The lowest BCUT2D eigenvalue weighted by Crippen LogP contribution is -2.27. The molecule has 4 aromatic rings. The molecule has 0 spiro atoms. The number of nitrogens with zero attached hydrogens (tertiary/aromatic N) is 4. The van der Waals surface area contributed by atoms with E-state index in [0.29, 0.717) is 17.8 Å². The Labute approximate surface area is 255 Å². The molecular weight excluding hydrogens is 569 g/mol. The van der Waals surface area contributed by atoms with Gasteiger partial charge in [-0.25, -0.2) is 9.97 Å². The number of rotatable bonds is 11. The van der Waals surface area contributed by atoms with Gasteiger partial charge in [-0.05, 0) is 80.2 Å². The molecular formula is C33H39F3N6O2. The van der Waals surface area contributed by atoms with Gasteiger partial charge in [0.25, 0.3) is 0 Å². The number of methoxy groups -OCH3 is 1. The molecule has 0 atom stereocenters. The van der Waals surface area contributed by atoms with Crippen molar-refractivity contribution < 1.29 is 22.7 Å². The second-order valence-electron chi connectivity index (χ2n) is 11.6. The Morgan fingerprint density at radius 2 is 1.91 bits per heavy atom. The summed E-state index contributed by atoms with van der Waals surface area (Å²) in [5.74, 6) is 1.28. The summed E-state index contributed by atoms with van der Waals surface area (Å²) >= 11 is 0. The minimum Gasteiger partial charge on any atom is -0.385 e. The first kappa shape index (κ1) is 31.4. The van der Waals surface area contributed by atoms with Gasteiger partial charge in [0.1, 0.15) is 0 Å². The molecule has 1 aliphatic carbocycles. The maximum atomic E-state index is 13.1. The molecule has 2 N–H and O–H groups in total. The van der Waals surface area contributed by atoms with Gasteiger partial charge in [0.05, 0.1) is 23.2 Å². The summed E-state index contributed by atoms with van der Waals surface area (Å²) in [6.07, 6.45) is 4.92. The van der Waals surface area contributed by atoms with Gasteiger partial charge in [-0.15, -0.1) is 0 Å². The molecule has 0 aliphatic heterocycles. The average Bonchev–Trinajstić information content (AvgIpc) is 3.36. The molecule has 2 heterocycles. The summed E-state index contributed by atoms with van der Waals surface area (Å²) in [6, 6.07) is 11.0. The number of amides is 1. The minimum atomic E-state index is -4.47. The van der Waals surface area contributed by atoms with Gasteiger partial charge in [-0.2, -0.15) is 18.3 Å². The van der Waals surface area contributed by atoms with E-state index in [1.165, 1.54) is 31.4 Å². The van der Waals surface area contributed by atoms with Gasteiger partial charge in [0.15, 0.2) is 5.82 Å². The Kier molecular flexibility index (Phi) is 9.83. The van der Waals surface area contributed by atoms with Crippen molar-refractivity contribution in [3.8, 4) is 11.3 Å². The zero-order valence-electron chi connectivity index (χ0n) is 25.4.